The summed E-state index contributed by atoms with van der Waals surface area (Å²) in [7, 11) is 0. The van der Waals surface area contributed by atoms with Crippen molar-refractivity contribution in [3.05, 3.63) is 53.3 Å². The van der Waals surface area contributed by atoms with Gasteiger partial charge in [0.15, 0.2) is 11.5 Å². The first kappa shape index (κ1) is 17.8. The molecule has 0 aromatic heterocycles. The number of anilines is 1. The third-order valence-corrected chi connectivity index (χ3v) is 5.61. The van der Waals surface area contributed by atoms with E-state index in [0.717, 1.165) is 5.56 Å². The van der Waals surface area contributed by atoms with Crippen LogP contribution < -0.4 is 14.8 Å². The van der Waals surface area contributed by atoms with Gasteiger partial charge in [0, 0.05) is 24.8 Å². The Hall–Kier alpha value is -3.29. The summed E-state index contributed by atoms with van der Waals surface area (Å²) in [5.74, 6) is 0.825. The summed E-state index contributed by atoms with van der Waals surface area (Å²) in [6, 6.07) is 9.39. The summed E-state index contributed by atoms with van der Waals surface area (Å²) in [6.07, 6.45) is 0.494. The molecule has 0 saturated carbocycles. The SMILES string of the molecule is O=C(Nc1ccc2c(c1)OCCO2)N1CC(=O)N2CCc3c(F)cccc3C2C1. The molecule has 1 fully saturated rings. The Balaban J connectivity index is 1.36. The largest absolute Gasteiger partial charge is 0.486 e. The van der Waals surface area contributed by atoms with Crippen molar-refractivity contribution < 1.29 is 23.5 Å². The Morgan fingerprint density at radius 1 is 1.14 bits per heavy atom. The van der Waals surface area contributed by atoms with Gasteiger partial charge in [-0.05, 0) is 35.7 Å². The minimum absolute atomic E-state index is 0.00245. The second-order valence-corrected chi connectivity index (χ2v) is 7.33. The number of hydrogen-bond donors (Lipinski definition) is 1. The number of carbonyl (C=O) groups is 2. The Bertz CT molecular complexity index is 996. The van der Waals surface area contributed by atoms with Gasteiger partial charge in [-0.1, -0.05) is 12.1 Å². The predicted molar refractivity (Wildman–Crippen MR) is 103 cm³/mol. The Labute approximate surface area is 167 Å². The number of urea groups is 1. The second kappa shape index (κ2) is 6.95. The Morgan fingerprint density at radius 3 is 2.83 bits per heavy atom. The van der Waals surface area contributed by atoms with Crippen molar-refractivity contribution in [3.8, 4) is 11.5 Å². The van der Waals surface area contributed by atoms with E-state index in [-0.39, 0.29) is 30.3 Å². The fraction of sp³-hybridized carbons (Fsp3) is 0.333. The van der Waals surface area contributed by atoms with Crippen LogP contribution in [0.3, 0.4) is 0 Å². The number of fused-ring (bicyclic) bond motifs is 4. The van der Waals surface area contributed by atoms with E-state index in [1.54, 1.807) is 29.2 Å². The molecule has 2 aromatic rings. The van der Waals surface area contributed by atoms with Crippen LogP contribution in [0.5, 0.6) is 11.5 Å². The molecule has 1 atom stereocenters. The Kier molecular flexibility index (Phi) is 4.26. The smallest absolute Gasteiger partial charge is 0.322 e. The first-order chi connectivity index (χ1) is 14.1. The molecule has 3 aliphatic rings. The van der Waals surface area contributed by atoms with Gasteiger partial charge in [-0.2, -0.15) is 0 Å². The fourth-order valence-electron chi connectivity index (χ4n) is 4.21. The van der Waals surface area contributed by atoms with Crippen LogP contribution >= 0.6 is 0 Å². The molecule has 0 spiro atoms. The van der Waals surface area contributed by atoms with Gasteiger partial charge in [-0.25, -0.2) is 9.18 Å². The number of carbonyl (C=O) groups excluding carboxylic acids is 2. The van der Waals surface area contributed by atoms with Crippen LogP contribution in [0.4, 0.5) is 14.9 Å². The maximum absolute atomic E-state index is 14.2. The quantitative estimate of drug-likeness (QED) is 0.803. The number of ether oxygens (including phenoxy) is 2. The highest BCUT2D eigenvalue weighted by atomic mass is 19.1. The molecular weight excluding hydrogens is 377 g/mol. The van der Waals surface area contributed by atoms with E-state index in [1.807, 2.05) is 6.07 Å². The lowest BCUT2D eigenvalue weighted by atomic mass is 9.90. The van der Waals surface area contributed by atoms with E-state index in [4.69, 9.17) is 9.47 Å². The highest BCUT2D eigenvalue weighted by Crippen LogP contribution is 2.35. The number of nitrogens with zero attached hydrogens (tertiary/aromatic N) is 2. The van der Waals surface area contributed by atoms with E-state index in [9.17, 15) is 14.0 Å². The van der Waals surface area contributed by atoms with Crippen LogP contribution in [-0.4, -0.2) is 54.6 Å². The zero-order valence-electron chi connectivity index (χ0n) is 15.7. The topological polar surface area (TPSA) is 71.1 Å². The molecule has 8 heteroatoms. The van der Waals surface area contributed by atoms with Gasteiger partial charge in [0.2, 0.25) is 5.91 Å². The molecule has 29 heavy (non-hydrogen) atoms. The van der Waals surface area contributed by atoms with Crippen molar-refractivity contribution in [1.29, 1.82) is 0 Å². The van der Waals surface area contributed by atoms with Crippen molar-refractivity contribution in [2.24, 2.45) is 0 Å². The summed E-state index contributed by atoms with van der Waals surface area (Å²) >= 11 is 0. The summed E-state index contributed by atoms with van der Waals surface area (Å²) < 4.78 is 25.2. The van der Waals surface area contributed by atoms with Crippen LogP contribution in [0.1, 0.15) is 17.2 Å². The van der Waals surface area contributed by atoms with E-state index in [1.165, 1.54) is 11.0 Å². The highest BCUT2D eigenvalue weighted by Gasteiger charge is 2.39. The van der Waals surface area contributed by atoms with E-state index in [0.29, 0.717) is 55.5 Å². The van der Waals surface area contributed by atoms with Crippen LogP contribution in [0.2, 0.25) is 0 Å². The number of benzene rings is 2. The van der Waals surface area contributed by atoms with Crippen LogP contribution in [0.25, 0.3) is 0 Å². The van der Waals surface area contributed by atoms with Crippen molar-refractivity contribution in [3.63, 3.8) is 0 Å². The third-order valence-electron chi connectivity index (χ3n) is 5.61. The first-order valence-corrected chi connectivity index (χ1v) is 9.62. The molecule has 5 rings (SSSR count). The number of rotatable bonds is 1. The maximum Gasteiger partial charge on any atom is 0.322 e. The van der Waals surface area contributed by atoms with E-state index in [2.05, 4.69) is 5.32 Å². The zero-order chi connectivity index (χ0) is 20.0. The van der Waals surface area contributed by atoms with Crippen molar-refractivity contribution in [1.82, 2.24) is 9.80 Å². The van der Waals surface area contributed by atoms with E-state index < -0.39 is 0 Å². The molecule has 0 aliphatic carbocycles. The van der Waals surface area contributed by atoms with Gasteiger partial charge in [-0.3, -0.25) is 4.79 Å². The fourth-order valence-corrected chi connectivity index (χ4v) is 4.21. The van der Waals surface area contributed by atoms with Crippen LogP contribution in [-0.2, 0) is 11.2 Å². The molecule has 3 amide bonds. The molecule has 150 valence electrons. The predicted octanol–water partition coefficient (Wildman–Crippen LogP) is 2.57. The van der Waals surface area contributed by atoms with Crippen molar-refractivity contribution in [2.45, 2.75) is 12.5 Å². The zero-order valence-corrected chi connectivity index (χ0v) is 15.7. The van der Waals surface area contributed by atoms with Gasteiger partial charge >= 0.3 is 6.03 Å². The summed E-state index contributed by atoms with van der Waals surface area (Å²) in [4.78, 5) is 28.7. The van der Waals surface area contributed by atoms with Crippen LogP contribution in [0, 0.1) is 5.82 Å². The number of halogens is 1. The van der Waals surface area contributed by atoms with Gasteiger partial charge < -0.3 is 24.6 Å². The molecule has 7 nitrogen and oxygen atoms in total. The molecule has 1 unspecified atom stereocenters. The first-order valence-electron chi connectivity index (χ1n) is 9.62. The monoisotopic (exact) mass is 397 g/mol. The van der Waals surface area contributed by atoms with Gasteiger partial charge in [-0.15, -0.1) is 0 Å². The standard InChI is InChI=1S/C21H20FN3O4/c22-16-3-1-2-15-14(16)6-7-25-17(15)11-24(12-20(25)26)21(27)23-13-4-5-18-19(10-13)29-9-8-28-18/h1-5,10,17H,6-9,11-12H2,(H,23,27). The van der Waals surface area contributed by atoms with Gasteiger partial charge in [0.1, 0.15) is 25.6 Å². The minimum atomic E-state index is -0.377. The number of hydrogen-bond acceptors (Lipinski definition) is 4. The van der Waals surface area contributed by atoms with Gasteiger partial charge in [0.25, 0.3) is 0 Å². The normalized spacial score (nSPS) is 20.0. The summed E-state index contributed by atoms with van der Waals surface area (Å²) in [5, 5.41) is 2.82. The number of amides is 3. The maximum atomic E-state index is 14.2. The molecule has 3 aliphatic heterocycles. The summed E-state index contributed by atoms with van der Waals surface area (Å²) in [6.45, 7) is 1.73. The molecule has 0 radical (unpaired) electrons. The minimum Gasteiger partial charge on any atom is -0.486 e. The van der Waals surface area contributed by atoms with Crippen LogP contribution in [0.15, 0.2) is 36.4 Å². The molecule has 0 bridgehead atoms. The van der Waals surface area contributed by atoms with Crippen molar-refractivity contribution >= 4 is 17.6 Å². The second-order valence-electron chi connectivity index (χ2n) is 7.33. The molecule has 3 heterocycles. The lowest BCUT2D eigenvalue weighted by Gasteiger charge is -2.44. The highest BCUT2D eigenvalue weighted by molar-refractivity contribution is 5.93. The van der Waals surface area contributed by atoms with Crippen molar-refractivity contribution in [2.75, 3.05) is 38.2 Å². The molecule has 2 aromatic carbocycles. The number of piperazine rings is 1. The lowest BCUT2D eigenvalue weighted by Crippen LogP contribution is -2.56. The average Bonchev–Trinajstić information content (AvgIpc) is 2.73. The van der Waals surface area contributed by atoms with E-state index >= 15 is 0 Å². The Morgan fingerprint density at radius 2 is 1.97 bits per heavy atom. The summed E-state index contributed by atoms with van der Waals surface area (Å²) in [5.41, 5.74) is 1.97. The molecular formula is C21H20FN3O4. The third kappa shape index (κ3) is 3.14. The molecule has 1 saturated heterocycles. The molecule has 1 N–H and O–H groups in total. The van der Waals surface area contributed by atoms with Gasteiger partial charge in [0.05, 0.1) is 6.04 Å². The number of nitrogens with one attached hydrogen (secondary N) is 1. The lowest BCUT2D eigenvalue weighted by molar-refractivity contribution is -0.139. The average molecular weight is 397 g/mol.